The van der Waals surface area contributed by atoms with Crippen LogP contribution in [0.15, 0.2) is 24.3 Å². The molecular weight excluding hydrogens is 286 g/mol. The average Bonchev–Trinajstić information content (AvgIpc) is 2.60. The lowest BCUT2D eigenvalue weighted by Gasteiger charge is -2.29. The molecule has 0 amide bonds. The van der Waals surface area contributed by atoms with Crippen LogP contribution in [0.3, 0.4) is 0 Å². The Morgan fingerprint density at radius 3 is 2.57 bits per heavy atom. The molecule has 1 fully saturated rings. The number of rotatable bonds is 9. The molecule has 1 aliphatic heterocycles. The highest BCUT2D eigenvalue weighted by molar-refractivity contribution is 5.31. The van der Waals surface area contributed by atoms with E-state index in [4.69, 9.17) is 10.5 Å². The third-order valence-electron chi connectivity index (χ3n) is 4.84. The number of likely N-dealkylation sites (N-methyl/N-ethyl adjacent to an activating group) is 1. The van der Waals surface area contributed by atoms with Gasteiger partial charge in [-0.15, -0.1) is 0 Å². The quantitative estimate of drug-likeness (QED) is 0.760. The van der Waals surface area contributed by atoms with Crippen molar-refractivity contribution >= 4 is 0 Å². The highest BCUT2D eigenvalue weighted by Crippen LogP contribution is 2.23. The van der Waals surface area contributed by atoms with Crippen molar-refractivity contribution in [3.8, 4) is 5.75 Å². The van der Waals surface area contributed by atoms with Crippen LogP contribution in [0.5, 0.6) is 5.75 Å². The minimum Gasteiger partial charge on any atom is -0.492 e. The molecule has 2 rings (SSSR count). The maximum absolute atomic E-state index is 6.02. The molecule has 23 heavy (non-hydrogen) atoms. The standard InChI is InChI=1S/C19H33N3O/c1-3-22(4-2)19(16-20)17-9-8-10-18(15-17)23-14-13-21-11-6-5-7-12-21/h8-10,15,19H,3-7,11-14,16,20H2,1-2H3. The highest BCUT2D eigenvalue weighted by atomic mass is 16.5. The van der Waals surface area contributed by atoms with Gasteiger partial charge in [0.15, 0.2) is 0 Å². The molecule has 2 N–H and O–H groups in total. The first-order valence-electron chi connectivity index (χ1n) is 9.17. The van der Waals surface area contributed by atoms with Crippen LogP contribution in [0.2, 0.25) is 0 Å². The first-order valence-corrected chi connectivity index (χ1v) is 9.17. The maximum atomic E-state index is 6.02. The lowest BCUT2D eigenvalue weighted by atomic mass is 10.0. The fourth-order valence-electron chi connectivity index (χ4n) is 3.45. The van der Waals surface area contributed by atoms with Crippen molar-refractivity contribution in [2.45, 2.75) is 39.2 Å². The molecule has 0 aromatic heterocycles. The second-order valence-electron chi connectivity index (χ2n) is 6.30. The Morgan fingerprint density at radius 2 is 1.91 bits per heavy atom. The molecular formula is C19H33N3O. The van der Waals surface area contributed by atoms with Crippen molar-refractivity contribution in [3.63, 3.8) is 0 Å². The summed E-state index contributed by atoms with van der Waals surface area (Å²) in [6.07, 6.45) is 4.04. The summed E-state index contributed by atoms with van der Waals surface area (Å²) in [5.41, 5.74) is 7.27. The van der Waals surface area contributed by atoms with E-state index in [1.165, 1.54) is 37.9 Å². The summed E-state index contributed by atoms with van der Waals surface area (Å²) >= 11 is 0. The molecule has 0 bridgehead atoms. The van der Waals surface area contributed by atoms with E-state index in [0.29, 0.717) is 6.54 Å². The third kappa shape index (κ3) is 5.48. The van der Waals surface area contributed by atoms with Crippen LogP contribution in [0.1, 0.15) is 44.7 Å². The van der Waals surface area contributed by atoms with Gasteiger partial charge >= 0.3 is 0 Å². The van der Waals surface area contributed by atoms with E-state index < -0.39 is 0 Å². The molecule has 1 aliphatic rings. The summed E-state index contributed by atoms with van der Waals surface area (Å²) in [5, 5.41) is 0. The smallest absolute Gasteiger partial charge is 0.119 e. The second-order valence-corrected chi connectivity index (χ2v) is 6.30. The third-order valence-corrected chi connectivity index (χ3v) is 4.84. The van der Waals surface area contributed by atoms with Crippen LogP contribution in [-0.4, -0.2) is 55.7 Å². The van der Waals surface area contributed by atoms with E-state index >= 15 is 0 Å². The predicted molar refractivity (Wildman–Crippen MR) is 96.9 cm³/mol. The molecule has 1 saturated heterocycles. The minimum absolute atomic E-state index is 0.274. The summed E-state index contributed by atoms with van der Waals surface area (Å²) in [4.78, 5) is 4.90. The molecule has 1 aromatic rings. The Labute approximate surface area is 141 Å². The van der Waals surface area contributed by atoms with Gasteiger partial charge in [0, 0.05) is 19.1 Å². The number of ether oxygens (including phenoxy) is 1. The summed E-state index contributed by atoms with van der Waals surface area (Å²) in [6.45, 7) is 11.3. The summed E-state index contributed by atoms with van der Waals surface area (Å²) in [5.74, 6) is 0.963. The molecule has 1 heterocycles. The SMILES string of the molecule is CCN(CC)C(CN)c1cccc(OCCN2CCCCC2)c1. The van der Waals surface area contributed by atoms with Crippen LogP contribution in [0.25, 0.3) is 0 Å². The normalized spacial score (nSPS) is 17.4. The van der Waals surface area contributed by atoms with E-state index in [0.717, 1.165) is 32.0 Å². The Balaban J connectivity index is 1.90. The zero-order valence-corrected chi connectivity index (χ0v) is 14.8. The van der Waals surface area contributed by atoms with E-state index in [9.17, 15) is 0 Å². The topological polar surface area (TPSA) is 41.7 Å². The fraction of sp³-hybridized carbons (Fsp3) is 0.684. The van der Waals surface area contributed by atoms with Crippen molar-refractivity contribution in [2.75, 3.05) is 45.9 Å². The van der Waals surface area contributed by atoms with E-state index in [-0.39, 0.29) is 6.04 Å². The van der Waals surface area contributed by atoms with Crippen molar-refractivity contribution in [2.24, 2.45) is 5.73 Å². The van der Waals surface area contributed by atoms with Crippen molar-refractivity contribution in [3.05, 3.63) is 29.8 Å². The largest absolute Gasteiger partial charge is 0.492 e. The monoisotopic (exact) mass is 319 g/mol. The van der Waals surface area contributed by atoms with Crippen LogP contribution in [-0.2, 0) is 0 Å². The van der Waals surface area contributed by atoms with Gasteiger partial charge in [0.25, 0.3) is 0 Å². The number of benzene rings is 1. The van der Waals surface area contributed by atoms with Crippen LogP contribution >= 0.6 is 0 Å². The highest BCUT2D eigenvalue weighted by Gasteiger charge is 2.16. The first-order chi connectivity index (χ1) is 11.3. The first kappa shape index (κ1) is 18.2. The van der Waals surface area contributed by atoms with E-state index in [2.05, 4.69) is 47.9 Å². The Hall–Kier alpha value is -1.10. The molecule has 4 nitrogen and oxygen atoms in total. The summed E-state index contributed by atoms with van der Waals surface area (Å²) in [7, 11) is 0. The van der Waals surface area contributed by atoms with Gasteiger partial charge in [-0.2, -0.15) is 0 Å². The zero-order valence-electron chi connectivity index (χ0n) is 14.8. The van der Waals surface area contributed by atoms with Gasteiger partial charge in [-0.25, -0.2) is 0 Å². The van der Waals surface area contributed by atoms with Gasteiger partial charge in [-0.1, -0.05) is 32.4 Å². The van der Waals surface area contributed by atoms with Crippen LogP contribution in [0, 0.1) is 0 Å². The van der Waals surface area contributed by atoms with Crippen LogP contribution in [0.4, 0.5) is 0 Å². The lowest BCUT2D eigenvalue weighted by molar-refractivity contribution is 0.183. The molecule has 1 aromatic carbocycles. The molecule has 0 spiro atoms. The number of nitrogens with zero attached hydrogens (tertiary/aromatic N) is 2. The molecule has 4 heteroatoms. The molecule has 130 valence electrons. The molecule has 0 radical (unpaired) electrons. The van der Waals surface area contributed by atoms with Gasteiger partial charge in [0.2, 0.25) is 0 Å². The van der Waals surface area contributed by atoms with E-state index in [1.807, 2.05) is 0 Å². The minimum atomic E-state index is 0.274. The number of nitrogens with two attached hydrogens (primary N) is 1. The Kier molecular flexibility index (Phi) is 7.86. The second kappa shape index (κ2) is 9.91. The van der Waals surface area contributed by atoms with E-state index in [1.54, 1.807) is 0 Å². The predicted octanol–water partition coefficient (Wildman–Crippen LogP) is 2.89. The molecule has 1 atom stereocenters. The fourth-order valence-corrected chi connectivity index (χ4v) is 3.45. The number of likely N-dealkylation sites (tertiary alicyclic amines) is 1. The molecule has 0 aliphatic carbocycles. The van der Waals surface area contributed by atoms with Gasteiger partial charge in [0.1, 0.15) is 12.4 Å². The van der Waals surface area contributed by atoms with Crippen molar-refractivity contribution < 1.29 is 4.74 Å². The van der Waals surface area contributed by atoms with Crippen molar-refractivity contribution in [1.29, 1.82) is 0 Å². The number of hydrogen-bond donors (Lipinski definition) is 1. The molecule has 0 saturated carbocycles. The Bertz CT molecular complexity index is 442. The summed E-state index contributed by atoms with van der Waals surface area (Å²) in [6, 6.07) is 8.72. The van der Waals surface area contributed by atoms with Gasteiger partial charge in [-0.3, -0.25) is 9.80 Å². The average molecular weight is 319 g/mol. The molecule has 1 unspecified atom stereocenters. The van der Waals surface area contributed by atoms with Gasteiger partial charge in [0.05, 0.1) is 0 Å². The van der Waals surface area contributed by atoms with Crippen LogP contribution < -0.4 is 10.5 Å². The number of hydrogen-bond acceptors (Lipinski definition) is 4. The maximum Gasteiger partial charge on any atom is 0.119 e. The van der Waals surface area contributed by atoms with Crippen molar-refractivity contribution in [1.82, 2.24) is 9.80 Å². The Morgan fingerprint density at radius 1 is 1.17 bits per heavy atom. The zero-order chi connectivity index (χ0) is 16.5. The summed E-state index contributed by atoms with van der Waals surface area (Å²) < 4.78 is 5.99. The lowest BCUT2D eigenvalue weighted by Crippen LogP contribution is -2.33. The van der Waals surface area contributed by atoms with Gasteiger partial charge in [-0.05, 0) is 56.7 Å². The number of piperidine rings is 1. The van der Waals surface area contributed by atoms with Gasteiger partial charge < -0.3 is 10.5 Å².